The Morgan fingerprint density at radius 2 is 1.79 bits per heavy atom. The fourth-order valence-corrected chi connectivity index (χ4v) is 2.74. The molecule has 1 N–H and O–H groups in total. The molecule has 1 aromatic heterocycles. The molecular formula is C23H20ClNO4. The maximum atomic E-state index is 12.9. The number of carbonyl (C=O) groups excluding carboxylic acids is 2. The van der Waals surface area contributed by atoms with Crippen molar-refractivity contribution in [1.82, 2.24) is 5.32 Å². The summed E-state index contributed by atoms with van der Waals surface area (Å²) < 4.78 is 10.6. The molecule has 5 nitrogen and oxygen atoms in total. The molecule has 0 spiro atoms. The summed E-state index contributed by atoms with van der Waals surface area (Å²) in [5, 5.41) is 3.24. The Bertz CT molecular complexity index is 979. The highest BCUT2D eigenvalue weighted by Crippen LogP contribution is 2.22. The first-order chi connectivity index (χ1) is 14.0. The summed E-state index contributed by atoms with van der Waals surface area (Å²) in [7, 11) is 0. The van der Waals surface area contributed by atoms with Gasteiger partial charge in [0.2, 0.25) is 0 Å². The number of esters is 1. The molecule has 0 saturated heterocycles. The Kier molecular flexibility index (Phi) is 6.87. The van der Waals surface area contributed by atoms with Crippen LogP contribution in [0.5, 0.6) is 0 Å². The number of benzene rings is 2. The first-order valence-electron chi connectivity index (χ1n) is 9.06. The second-order valence-corrected chi connectivity index (χ2v) is 6.76. The third-order valence-electron chi connectivity index (χ3n) is 4.16. The third-order valence-corrected chi connectivity index (χ3v) is 4.41. The van der Waals surface area contributed by atoms with E-state index in [1.54, 1.807) is 42.5 Å². The van der Waals surface area contributed by atoms with Gasteiger partial charge >= 0.3 is 5.97 Å². The van der Waals surface area contributed by atoms with Crippen molar-refractivity contribution < 1.29 is 18.7 Å². The lowest BCUT2D eigenvalue weighted by Crippen LogP contribution is -2.35. The number of halogens is 1. The third kappa shape index (κ3) is 5.83. The molecule has 0 bridgehead atoms. The average molecular weight is 410 g/mol. The van der Waals surface area contributed by atoms with Crippen LogP contribution in [0.2, 0.25) is 5.02 Å². The maximum Gasteiger partial charge on any atom is 0.339 e. The summed E-state index contributed by atoms with van der Waals surface area (Å²) in [6.45, 7) is 1.75. The van der Waals surface area contributed by atoms with Gasteiger partial charge in [-0.25, -0.2) is 4.79 Å². The van der Waals surface area contributed by atoms with Crippen molar-refractivity contribution in [2.24, 2.45) is 0 Å². The largest absolute Gasteiger partial charge is 0.467 e. The van der Waals surface area contributed by atoms with Crippen LogP contribution in [-0.2, 0) is 20.9 Å². The number of furan rings is 1. The van der Waals surface area contributed by atoms with Gasteiger partial charge in [-0.1, -0.05) is 54.1 Å². The zero-order valence-electron chi connectivity index (χ0n) is 15.8. The van der Waals surface area contributed by atoms with Gasteiger partial charge in [0.05, 0.1) is 18.4 Å². The van der Waals surface area contributed by atoms with E-state index < -0.39 is 18.0 Å². The lowest BCUT2D eigenvalue weighted by molar-refractivity contribution is -0.149. The number of amides is 1. The number of hydrogen-bond donors (Lipinski definition) is 1. The van der Waals surface area contributed by atoms with E-state index in [2.05, 4.69) is 5.32 Å². The molecule has 0 aliphatic heterocycles. The van der Waals surface area contributed by atoms with Gasteiger partial charge in [0, 0.05) is 5.02 Å². The van der Waals surface area contributed by atoms with Crippen LogP contribution in [0.4, 0.5) is 0 Å². The molecule has 0 saturated carbocycles. The lowest BCUT2D eigenvalue weighted by Gasteiger charge is -2.15. The molecule has 6 heteroatoms. The standard InChI is InChI=1S/C23H20ClNO4/c1-16(22(26)25-15-20-8-5-13-28-20)29-23(27)21(14-17-6-3-2-4-7-17)18-9-11-19(24)12-10-18/h2-14,16H,15H2,1H3,(H,25,26)/b21-14+/t16-/m1/s1. The van der Waals surface area contributed by atoms with E-state index in [1.165, 1.54) is 13.2 Å². The van der Waals surface area contributed by atoms with E-state index in [0.717, 1.165) is 5.56 Å². The van der Waals surface area contributed by atoms with Crippen molar-refractivity contribution >= 4 is 35.1 Å². The van der Waals surface area contributed by atoms with Crippen LogP contribution in [0.1, 0.15) is 23.8 Å². The molecule has 3 rings (SSSR count). The summed E-state index contributed by atoms with van der Waals surface area (Å²) in [4.78, 5) is 25.1. The van der Waals surface area contributed by atoms with Crippen LogP contribution >= 0.6 is 11.6 Å². The van der Waals surface area contributed by atoms with Crippen LogP contribution in [0.25, 0.3) is 11.6 Å². The van der Waals surface area contributed by atoms with E-state index in [4.69, 9.17) is 20.8 Å². The van der Waals surface area contributed by atoms with Gasteiger partial charge in [0.1, 0.15) is 5.76 Å². The molecule has 1 atom stereocenters. The minimum atomic E-state index is -0.969. The molecule has 3 aromatic rings. The number of hydrogen-bond acceptors (Lipinski definition) is 4. The second-order valence-electron chi connectivity index (χ2n) is 6.32. The van der Waals surface area contributed by atoms with Gasteiger partial charge in [-0.05, 0) is 48.4 Å². The predicted molar refractivity (Wildman–Crippen MR) is 112 cm³/mol. The van der Waals surface area contributed by atoms with Crippen LogP contribution in [0.15, 0.2) is 77.4 Å². The summed E-state index contributed by atoms with van der Waals surface area (Å²) in [5.74, 6) is -0.399. The van der Waals surface area contributed by atoms with Crippen molar-refractivity contribution in [2.75, 3.05) is 0 Å². The van der Waals surface area contributed by atoms with Crippen molar-refractivity contribution in [3.63, 3.8) is 0 Å². The highest BCUT2D eigenvalue weighted by atomic mass is 35.5. The first kappa shape index (κ1) is 20.4. The second kappa shape index (κ2) is 9.75. The number of carbonyl (C=O) groups is 2. The summed E-state index contributed by atoms with van der Waals surface area (Å²) in [5.41, 5.74) is 1.81. The van der Waals surface area contributed by atoms with Gasteiger partial charge in [0.15, 0.2) is 6.10 Å². The topological polar surface area (TPSA) is 68.5 Å². The highest BCUT2D eigenvalue weighted by molar-refractivity contribution is 6.30. The Morgan fingerprint density at radius 3 is 2.45 bits per heavy atom. The first-order valence-corrected chi connectivity index (χ1v) is 9.44. The Hall–Kier alpha value is -3.31. The van der Waals surface area contributed by atoms with E-state index in [0.29, 0.717) is 21.9 Å². The van der Waals surface area contributed by atoms with Crippen LogP contribution in [0.3, 0.4) is 0 Å². The molecule has 0 radical (unpaired) electrons. The monoisotopic (exact) mass is 409 g/mol. The molecule has 148 valence electrons. The molecule has 1 heterocycles. The van der Waals surface area contributed by atoms with E-state index in [-0.39, 0.29) is 6.54 Å². The van der Waals surface area contributed by atoms with Crippen molar-refractivity contribution in [2.45, 2.75) is 19.6 Å². The van der Waals surface area contributed by atoms with E-state index in [1.807, 2.05) is 30.3 Å². The van der Waals surface area contributed by atoms with Crippen molar-refractivity contribution in [3.8, 4) is 0 Å². The fourth-order valence-electron chi connectivity index (χ4n) is 2.61. The lowest BCUT2D eigenvalue weighted by atomic mass is 10.0. The molecule has 0 aliphatic carbocycles. The van der Waals surface area contributed by atoms with Crippen LogP contribution in [0, 0.1) is 0 Å². The molecule has 29 heavy (non-hydrogen) atoms. The minimum Gasteiger partial charge on any atom is -0.467 e. The Morgan fingerprint density at radius 1 is 1.07 bits per heavy atom. The number of ether oxygens (including phenoxy) is 1. The van der Waals surface area contributed by atoms with E-state index in [9.17, 15) is 9.59 Å². The van der Waals surface area contributed by atoms with Gasteiger partial charge in [-0.2, -0.15) is 0 Å². The smallest absolute Gasteiger partial charge is 0.339 e. The SMILES string of the molecule is C[C@@H](OC(=O)/C(=C/c1ccccc1)c1ccc(Cl)cc1)C(=O)NCc1ccco1. The molecule has 0 fully saturated rings. The zero-order chi connectivity index (χ0) is 20.6. The summed E-state index contributed by atoms with van der Waals surface area (Å²) >= 11 is 5.96. The van der Waals surface area contributed by atoms with Crippen molar-refractivity contribution in [1.29, 1.82) is 0 Å². The summed E-state index contributed by atoms with van der Waals surface area (Å²) in [6.07, 6.45) is 2.28. The maximum absolute atomic E-state index is 12.9. The molecule has 0 unspecified atom stereocenters. The van der Waals surface area contributed by atoms with Crippen LogP contribution < -0.4 is 5.32 Å². The summed E-state index contributed by atoms with van der Waals surface area (Å²) in [6, 6.07) is 19.7. The number of nitrogens with one attached hydrogen (secondary N) is 1. The average Bonchev–Trinajstić information content (AvgIpc) is 3.25. The quantitative estimate of drug-likeness (QED) is 0.348. The Balaban J connectivity index is 1.74. The Labute approximate surface area is 173 Å². The zero-order valence-corrected chi connectivity index (χ0v) is 16.6. The molecule has 0 aliphatic rings. The van der Waals surface area contributed by atoms with Crippen molar-refractivity contribution in [3.05, 3.63) is 94.9 Å². The molecular weight excluding hydrogens is 390 g/mol. The van der Waals surface area contributed by atoms with Gasteiger partial charge < -0.3 is 14.5 Å². The van der Waals surface area contributed by atoms with Gasteiger partial charge in [0.25, 0.3) is 5.91 Å². The number of rotatable bonds is 7. The molecule has 1 amide bonds. The predicted octanol–water partition coefficient (Wildman–Crippen LogP) is 4.72. The van der Waals surface area contributed by atoms with Gasteiger partial charge in [-0.3, -0.25) is 4.79 Å². The van der Waals surface area contributed by atoms with Crippen LogP contribution in [-0.4, -0.2) is 18.0 Å². The van der Waals surface area contributed by atoms with Gasteiger partial charge in [-0.15, -0.1) is 0 Å². The normalized spacial score (nSPS) is 12.3. The fraction of sp³-hybridized carbons (Fsp3) is 0.130. The van der Waals surface area contributed by atoms with E-state index >= 15 is 0 Å². The minimum absolute atomic E-state index is 0.220. The highest BCUT2D eigenvalue weighted by Gasteiger charge is 2.21. The molecule has 2 aromatic carbocycles.